The Morgan fingerprint density at radius 2 is 1.34 bits per heavy atom. The lowest BCUT2D eigenvalue weighted by Gasteiger charge is -2.29. The van der Waals surface area contributed by atoms with Crippen molar-refractivity contribution in [1.82, 2.24) is 10.2 Å². The molecule has 2 aromatic carbocycles. The number of amidine groups is 1. The Morgan fingerprint density at radius 3 is 1.71 bits per heavy atom. The maximum absolute atomic E-state index is 8.81. The summed E-state index contributed by atoms with van der Waals surface area (Å²) in [6.45, 7) is 13.6. The Morgan fingerprint density at radius 1 is 0.914 bits per heavy atom. The molecule has 1 aliphatic carbocycles. The van der Waals surface area contributed by atoms with Gasteiger partial charge in [0.25, 0.3) is 0 Å². The van der Waals surface area contributed by atoms with Gasteiger partial charge in [-0.3, -0.25) is 5.41 Å². The third-order valence-corrected chi connectivity index (χ3v) is 4.96. The number of hydrogen-bond donors (Lipinski definition) is 2. The number of aryl methyl sites for hydroxylation is 2. The maximum Gasteiger partial charge on any atom is 0.128 e. The van der Waals surface area contributed by atoms with Crippen molar-refractivity contribution in [3.05, 3.63) is 77.4 Å². The monoisotopic (exact) mass is 481 g/mol. The number of hydrogen-bond acceptors (Lipinski definition) is 3. The van der Waals surface area contributed by atoms with E-state index in [-0.39, 0.29) is 7.43 Å². The summed E-state index contributed by atoms with van der Waals surface area (Å²) in [6, 6.07) is 16.5. The SMILES string of the molecule is C.C1CC1.C=C(C)c1ccccc1C.CC=O.CNC.Cc1ccc(C(=N)N2CCCCC2)cc1. The molecule has 1 aliphatic heterocycles. The highest BCUT2D eigenvalue weighted by molar-refractivity contribution is 5.96. The molecule has 2 aliphatic rings. The zero-order valence-corrected chi connectivity index (χ0v) is 22.4. The van der Waals surface area contributed by atoms with Gasteiger partial charge >= 0.3 is 0 Å². The van der Waals surface area contributed by atoms with E-state index in [9.17, 15) is 0 Å². The standard InChI is InChI=1S/C13H18N2.C10H12.C3H6.C2H7N.C2H4O.CH4/c1-11-5-7-12(8-6-11)13(14)15-9-3-2-4-10-15;1-8(2)10-7-5-4-6-9(10)3;1-2-3-1;1-3-2;1-2-3;/h5-8,14H,2-4,9-10H2,1H3;4-7H,1H2,2-3H3;1-3H2;3H,1-2H3;2H,1H3;1H4. The van der Waals surface area contributed by atoms with Crippen LogP contribution in [0.15, 0.2) is 55.1 Å². The van der Waals surface area contributed by atoms with Gasteiger partial charge in [0, 0.05) is 18.7 Å². The number of piperidine rings is 1. The van der Waals surface area contributed by atoms with Gasteiger partial charge in [0.05, 0.1) is 0 Å². The van der Waals surface area contributed by atoms with Gasteiger partial charge in [-0.25, -0.2) is 0 Å². The van der Waals surface area contributed by atoms with Crippen molar-refractivity contribution in [2.75, 3.05) is 27.2 Å². The van der Waals surface area contributed by atoms with Crippen LogP contribution in [-0.4, -0.2) is 44.2 Å². The number of likely N-dealkylation sites (tertiary alicyclic amines) is 1. The molecule has 1 saturated carbocycles. The molecule has 0 aromatic heterocycles. The summed E-state index contributed by atoms with van der Waals surface area (Å²) in [5.74, 6) is 0.690. The highest BCUT2D eigenvalue weighted by Crippen LogP contribution is 2.16. The van der Waals surface area contributed by atoms with Gasteiger partial charge in [-0.2, -0.15) is 0 Å². The minimum absolute atomic E-state index is 0. The van der Waals surface area contributed by atoms with Crippen LogP contribution in [0.3, 0.4) is 0 Å². The largest absolute Gasteiger partial charge is 0.357 e. The Balaban J connectivity index is 0. The minimum atomic E-state index is 0. The summed E-state index contributed by atoms with van der Waals surface area (Å²) < 4.78 is 0. The lowest BCUT2D eigenvalue weighted by Crippen LogP contribution is -2.35. The first kappa shape index (κ1) is 34.4. The normalized spacial score (nSPS) is 12.7. The second-order valence-electron chi connectivity index (χ2n) is 8.65. The average Bonchev–Trinajstić information content (AvgIpc) is 3.71. The van der Waals surface area contributed by atoms with E-state index in [1.165, 1.54) is 62.1 Å². The van der Waals surface area contributed by atoms with E-state index in [0.29, 0.717) is 5.84 Å². The van der Waals surface area contributed by atoms with Gasteiger partial charge in [0.2, 0.25) is 0 Å². The number of nitrogens with zero attached hydrogens (tertiary/aromatic N) is 1. The number of allylic oxidation sites excluding steroid dienone is 1. The molecule has 2 fully saturated rings. The molecule has 0 amide bonds. The minimum Gasteiger partial charge on any atom is -0.357 e. The molecule has 0 spiro atoms. The Labute approximate surface area is 216 Å². The molecule has 2 aromatic rings. The Bertz CT molecular complexity index is 817. The van der Waals surface area contributed by atoms with E-state index in [0.717, 1.165) is 30.5 Å². The van der Waals surface area contributed by atoms with Crippen molar-refractivity contribution < 1.29 is 4.79 Å². The predicted octanol–water partition coefficient (Wildman–Crippen LogP) is 7.68. The van der Waals surface area contributed by atoms with Crippen LogP contribution in [0.2, 0.25) is 0 Å². The molecule has 196 valence electrons. The van der Waals surface area contributed by atoms with Gasteiger partial charge < -0.3 is 15.0 Å². The summed E-state index contributed by atoms with van der Waals surface area (Å²) in [6.07, 6.45) is 9.03. The van der Waals surface area contributed by atoms with E-state index < -0.39 is 0 Å². The van der Waals surface area contributed by atoms with Crippen molar-refractivity contribution in [1.29, 1.82) is 5.41 Å². The van der Waals surface area contributed by atoms with Gasteiger partial charge in [-0.05, 0) is 72.2 Å². The molecule has 0 radical (unpaired) electrons. The number of aldehydes is 1. The van der Waals surface area contributed by atoms with Crippen LogP contribution in [0.4, 0.5) is 0 Å². The quantitative estimate of drug-likeness (QED) is 0.263. The van der Waals surface area contributed by atoms with Crippen LogP contribution >= 0.6 is 0 Å². The van der Waals surface area contributed by atoms with Gasteiger partial charge in [-0.15, -0.1) is 0 Å². The van der Waals surface area contributed by atoms with Crippen LogP contribution in [0.25, 0.3) is 5.57 Å². The van der Waals surface area contributed by atoms with E-state index in [1.807, 2.05) is 45.3 Å². The number of carbonyl (C=O) groups excluding carboxylic acids is 1. The summed E-state index contributed by atoms with van der Waals surface area (Å²) in [7, 11) is 3.75. The van der Waals surface area contributed by atoms with Gasteiger partial charge in [-0.1, -0.05) is 92.9 Å². The highest BCUT2D eigenvalue weighted by Gasteiger charge is 2.14. The number of nitrogens with one attached hydrogen (secondary N) is 2. The second kappa shape index (κ2) is 21.8. The number of benzene rings is 2. The van der Waals surface area contributed by atoms with Crippen molar-refractivity contribution >= 4 is 17.7 Å². The van der Waals surface area contributed by atoms with Crippen LogP contribution < -0.4 is 5.32 Å². The predicted molar refractivity (Wildman–Crippen MR) is 157 cm³/mol. The summed E-state index contributed by atoms with van der Waals surface area (Å²) in [5, 5.41) is 10.9. The zero-order chi connectivity index (χ0) is 25.8. The van der Waals surface area contributed by atoms with Gasteiger partial charge in [0.1, 0.15) is 12.1 Å². The van der Waals surface area contributed by atoms with Crippen LogP contribution in [0, 0.1) is 19.3 Å². The van der Waals surface area contributed by atoms with Crippen molar-refractivity contribution in [3.8, 4) is 0 Å². The van der Waals surface area contributed by atoms with Crippen molar-refractivity contribution in [3.63, 3.8) is 0 Å². The van der Waals surface area contributed by atoms with E-state index >= 15 is 0 Å². The third-order valence-electron chi connectivity index (χ3n) is 4.96. The molecule has 35 heavy (non-hydrogen) atoms. The molecule has 1 heterocycles. The fourth-order valence-electron chi connectivity index (χ4n) is 3.06. The topological polar surface area (TPSA) is 56.2 Å². The van der Waals surface area contributed by atoms with E-state index in [2.05, 4.69) is 54.9 Å². The molecule has 0 atom stereocenters. The molecule has 4 heteroatoms. The molecular formula is C31H51N3O. The Kier molecular flexibility index (Phi) is 21.4. The third kappa shape index (κ3) is 17.4. The first-order chi connectivity index (χ1) is 16.3. The summed E-state index contributed by atoms with van der Waals surface area (Å²) in [5.41, 5.74) is 6.00. The molecule has 4 rings (SSSR count). The fourth-order valence-corrected chi connectivity index (χ4v) is 3.06. The van der Waals surface area contributed by atoms with Gasteiger partial charge in [0.15, 0.2) is 0 Å². The fraction of sp³-hybridized carbons (Fsp3) is 0.484. The zero-order valence-electron chi connectivity index (χ0n) is 22.4. The lowest BCUT2D eigenvalue weighted by molar-refractivity contribution is -0.106. The van der Waals surface area contributed by atoms with Crippen LogP contribution in [-0.2, 0) is 4.79 Å². The number of carbonyl (C=O) groups is 1. The molecule has 4 nitrogen and oxygen atoms in total. The number of rotatable bonds is 2. The molecule has 0 bridgehead atoms. The molecule has 0 unspecified atom stereocenters. The first-order valence-electron chi connectivity index (χ1n) is 12.4. The molecule has 1 saturated heterocycles. The van der Waals surface area contributed by atoms with Crippen LogP contribution in [0.5, 0.6) is 0 Å². The van der Waals surface area contributed by atoms with Crippen molar-refractivity contribution in [2.45, 2.75) is 73.6 Å². The molecular weight excluding hydrogens is 430 g/mol. The van der Waals surface area contributed by atoms with E-state index in [1.54, 1.807) is 0 Å². The molecule has 2 N–H and O–H groups in total. The first-order valence-corrected chi connectivity index (χ1v) is 12.4. The summed E-state index contributed by atoms with van der Waals surface area (Å²) in [4.78, 5) is 11.0. The smallest absolute Gasteiger partial charge is 0.128 e. The highest BCUT2D eigenvalue weighted by atomic mass is 16.1. The Hall–Kier alpha value is -2.72. The maximum atomic E-state index is 8.81. The van der Waals surface area contributed by atoms with Crippen molar-refractivity contribution in [2.24, 2.45) is 0 Å². The lowest BCUT2D eigenvalue weighted by atomic mass is 10.0. The van der Waals surface area contributed by atoms with E-state index in [4.69, 9.17) is 10.2 Å². The average molecular weight is 482 g/mol. The second-order valence-corrected chi connectivity index (χ2v) is 8.65. The summed E-state index contributed by atoms with van der Waals surface area (Å²) >= 11 is 0. The van der Waals surface area contributed by atoms with Crippen LogP contribution in [0.1, 0.15) is 82.1 Å².